The fourth-order valence-corrected chi connectivity index (χ4v) is 5.19. The fraction of sp³-hybridized carbons (Fsp3) is 0.474. The first kappa shape index (κ1) is 19.8. The van der Waals surface area contributed by atoms with Crippen LogP contribution in [0.3, 0.4) is 0 Å². The summed E-state index contributed by atoms with van der Waals surface area (Å²) in [5, 5.41) is -0.00618. The minimum Gasteiger partial charge on any atom is -0.368 e. The Bertz CT molecular complexity index is 962. The summed E-state index contributed by atoms with van der Waals surface area (Å²) in [7, 11) is -3.58. The van der Waals surface area contributed by atoms with Crippen molar-refractivity contribution < 1.29 is 17.6 Å². The first-order valence-corrected chi connectivity index (χ1v) is 11.2. The molecular weight excluding hydrogens is 397 g/mol. The van der Waals surface area contributed by atoms with E-state index in [1.165, 1.54) is 33.5 Å². The highest BCUT2D eigenvalue weighted by atomic mass is 32.2. The third-order valence-electron chi connectivity index (χ3n) is 5.42. The zero-order chi connectivity index (χ0) is 20.4. The number of anilines is 1. The van der Waals surface area contributed by atoms with Gasteiger partial charge in [-0.1, -0.05) is 0 Å². The number of aromatic nitrogens is 2. The third-order valence-corrected chi connectivity index (χ3v) is 7.21. The van der Waals surface area contributed by atoms with Crippen molar-refractivity contribution in [3.8, 4) is 0 Å². The molecule has 1 amide bonds. The van der Waals surface area contributed by atoms with Crippen molar-refractivity contribution in [2.45, 2.75) is 24.4 Å². The fourth-order valence-electron chi connectivity index (χ4n) is 3.74. The van der Waals surface area contributed by atoms with E-state index in [-0.39, 0.29) is 23.3 Å². The summed E-state index contributed by atoms with van der Waals surface area (Å²) >= 11 is 0. The van der Waals surface area contributed by atoms with Crippen LogP contribution in [0.25, 0.3) is 0 Å². The number of hydrogen-bond donors (Lipinski definition) is 0. The minimum absolute atomic E-state index is 0.00618. The Hall–Kier alpha value is -2.46. The van der Waals surface area contributed by atoms with Crippen LogP contribution in [-0.4, -0.2) is 72.3 Å². The normalized spacial score (nSPS) is 18.4. The molecule has 2 saturated heterocycles. The molecule has 0 atom stereocenters. The monoisotopic (exact) mass is 421 g/mol. The van der Waals surface area contributed by atoms with Gasteiger partial charge in [-0.25, -0.2) is 17.8 Å². The Kier molecular flexibility index (Phi) is 5.55. The van der Waals surface area contributed by atoms with E-state index in [9.17, 15) is 17.6 Å². The van der Waals surface area contributed by atoms with Gasteiger partial charge < -0.3 is 14.4 Å². The summed E-state index contributed by atoms with van der Waals surface area (Å²) in [5.41, 5.74) is 0.935. The molecular formula is C19H24FN5O3S. The van der Waals surface area contributed by atoms with Gasteiger partial charge >= 0.3 is 0 Å². The predicted octanol–water partition coefficient (Wildman–Crippen LogP) is 1.16. The Labute approximate surface area is 169 Å². The standard InChI is InChI=1S/C19H24FN5O3S/c20-16-3-5-17(6-4-16)23-9-11-24(12-10-23)19(26)14-22-13-18(21-15-22)29(27,28)25-7-1-2-8-25/h3-6,13,15H,1-2,7-12,14H2. The minimum atomic E-state index is -3.58. The molecule has 2 aromatic rings. The average Bonchev–Trinajstić information content (AvgIpc) is 3.42. The zero-order valence-corrected chi connectivity index (χ0v) is 16.9. The molecule has 0 bridgehead atoms. The summed E-state index contributed by atoms with van der Waals surface area (Å²) in [5.74, 6) is -0.347. The molecule has 0 aliphatic carbocycles. The van der Waals surface area contributed by atoms with Crippen molar-refractivity contribution in [1.29, 1.82) is 0 Å². The van der Waals surface area contributed by atoms with Crippen LogP contribution < -0.4 is 4.90 Å². The summed E-state index contributed by atoms with van der Waals surface area (Å²) in [4.78, 5) is 20.5. The maximum atomic E-state index is 13.1. The van der Waals surface area contributed by atoms with Gasteiger partial charge in [0.05, 0.1) is 6.33 Å². The molecule has 156 valence electrons. The first-order chi connectivity index (χ1) is 13.9. The molecule has 10 heteroatoms. The Morgan fingerprint density at radius 3 is 2.31 bits per heavy atom. The van der Waals surface area contributed by atoms with Crippen LogP contribution >= 0.6 is 0 Å². The van der Waals surface area contributed by atoms with E-state index in [4.69, 9.17) is 0 Å². The van der Waals surface area contributed by atoms with Crippen molar-refractivity contribution >= 4 is 21.6 Å². The lowest BCUT2D eigenvalue weighted by Crippen LogP contribution is -2.49. The summed E-state index contributed by atoms with van der Waals surface area (Å²) < 4.78 is 41.1. The molecule has 1 aromatic carbocycles. The number of sulfonamides is 1. The van der Waals surface area contributed by atoms with Gasteiger partial charge in [0.2, 0.25) is 5.91 Å². The maximum Gasteiger partial charge on any atom is 0.262 e. The lowest BCUT2D eigenvalue weighted by atomic mass is 10.2. The third kappa shape index (κ3) is 4.27. The molecule has 0 spiro atoms. The van der Waals surface area contributed by atoms with Crippen molar-refractivity contribution in [2.75, 3.05) is 44.2 Å². The van der Waals surface area contributed by atoms with E-state index < -0.39 is 10.0 Å². The molecule has 3 heterocycles. The molecule has 8 nitrogen and oxygen atoms in total. The molecule has 2 aliphatic heterocycles. The number of carbonyl (C=O) groups is 1. The van der Waals surface area contributed by atoms with Crippen LogP contribution in [0.15, 0.2) is 41.8 Å². The van der Waals surface area contributed by atoms with E-state index in [0.29, 0.717) is 39.3 Å². The van der Waals surface area contributed by atoms with Gasteiger partial charge in [0.25, 0.3) is 10.0 Å². The molecule has 2 aliphatic rings. The molecule has 0 N–H and O–H groups in total. The van der Waals surface area contributed by atoms with E-state index in [2.05, 4.69) is 9.88 Å². The van der Waals surface area contributed by atoms with Gasteiger partial charge in [-0.05, 0) is 37.1 Å². The van der Waals surface area contributed by atoms with Gasteiger partial charge in [-0.3, -0.25) is 4.79 Å². The van der Waals surface area contributed by atoms with Crippen molar-refractivity contribution in [3.63, 3.8) is 0 Å². The van der Waals surface area contributed by atoms with Gasteiger partial charge in [-0.15, -0.1) is 0 Å². The highest BCUT2D eigenvalue weighted by Gasteiger charge is 2.29. The number of piperazine rings is 1. The number of nitrogens with zero attached hydrogens (tertiary/aromatic N) is 5. The van der Waals surface area contributed by atoms with Crippen LogP contribution in [-0.2, 0) is 21.4 Å². The summed E-state index contributed by atoms with van der Waals surface area (Å²) in [6, 6.07) is 6.33. The number of halogens is 1. The van der Waals surface area contributed by atoms with Crippen LogP contribution in [0.5, 0.6) is 0 Å². The summed E-state index contributed by atoms with van der Waals surface area (Å²) in [6.07, 6.45) is 4.56. The highest BCUT2D eigenvalue weighted by Crippen LogP contribution is 2.20. The highest BCUT2D eigenvalue weighted by molar-refractivity contribution is 7.89. The molecule has 4 rings (SSSR count). The van der Waals surface area contributed by atoms with Gasteiger partial charge in [-0.2, -0.15) is 4.31 Å². The quantitative estimate of drug-likeness (QED) is 0.724. The lowest BCUT2D eigenvalue weighted by molar-refractivity contribution is -0.132. The Morgan fingerprint density at radius 1 is 1.00 bits per heavy atom. The van der Waals surface area contributed by atoms with E-state index in [1.54, 1.807) is 17.0 Å². The lowest BCUT2D eigenvalue weighted by Gasteiger charge is -2.36. The summed E-state index contributed by atoms with van der Waals surface area (Å²) in [6.45, 7) is 3.54. The van der Waals surface area contributed by atoms with Gasteiger partial charge in [0.15, 0.2) is 5.03 Å². The molecule has 1 aromatic heterocycles. The maximum absolute atomic E-state index is 13.1. The second kappa shape index (κ2) is 8.11. The number of imidazole rings is 1. The SMILES string of the molecule is O=C(Cn1cnc(S(=O)(=O)N2CCCC2)c1)N1CCN(c2ccc(F)cc2)CC1. The smallest absolute Gasteiger partial charge is 0.262 e. The van der Waals surface area contributed by atoms with E-state index in [0.717, 1.165) is 18.5 Å². The second-order valence-electron chi connectivity index (χ2n) is 7.34. The predicted molar refractivity (Wildman–Crippen MR) is 105 cm³/mol. The molecule has 0 radical (unpaired) electrons. The van der Waals surface area contributed by atoms with Crippen LogP contribution in [0.2, 0.25) is 0 Å². The van der Waals surface area contributed by atoms with Gasteiger partial charge in [0.1, 0.15) is 12.4 Å². The van der Waals surface area contributed by atoms with Crippen molar-refractivity contribution in [1.82, 2.24) is 18.8 Å². The Morgan fingerprint density at radius 2 is 1.66 bits per heavy atom. The number of rotatable bonds is 5. The molecule has 29 heavy (non-hydrogen) atoms. The largest absolute Gasteiger partial charge is 0.368 e. The van der Waals surface area contributed by atoms with Gasteiger partial charge in [0, 0.05) is 51.2 Å². The topological polar surface area (TPSA) is 78.7 Å². The number of benzene rings is 1. The molecule has 2 fully saturated rings. The average molecular weight is 421 g/mol. The number of carbonyl (C=O) groups excluding carboxylic acids is 1. The first-order valence-electron chi connectivity index (χ1n) is 9.74. The van der Waals surface area contributed by atoms with Crippen LogP contribution in [0.1, 0.15) is 12.8 Å². The zero-order valence-electron chi connectivity index (χ0n) is 16.1. The van der Waals surface area contributed by atoms with Crippen LogP contribution in [0, 0.1) is 5.82 Å². The van der Waals surface area contributed by atoms with Crippen molar-refractivity contribution in [2.24, 2.45) is 0 Å². The number of amides is 1. The Balaban J connectivity index is 1.33. The van der Waals surface area contributed by atoms with Crippen molar-refractivity contribution in [3.05, 3.63) is 42.6 Å². The number of hydrogen-bond acceptors (Lipinski definition) is 5. The molecule has 0 saturated carbocycles. The molecule has 0 unspecified atom stereocenters. The van der Waals surface area contributed by atoms with E-state index in [1.807, 2.05) is 0 Å². The second-order valence-corrected chi connectivity index (χ2v) is 9.22. The van der Waals surface area contributed by atoms with E-state index >= 15 is 0 Å². The van der Waals surface area contributed by atoms with Crippen LogP contribution in [0.4, 0.5) is 10.1 Å².